The molecule has 0 amide bonds. The van der Waals surface area contributed by atoms with E-state index in [4.69, 9.17) is 5.26 Å². The fraction of sp³-hybridized carbons (Fsp3) is 0.263. The van der Waals surface area contributed by atoms with Crippen LogP contribution in [0.25, 0.3) is 11.0 Å². The molecule has 3 nitrogen and oxygen atoms in total. The Hall–Kier alpha value is -2.74. The zero-order valence-electron chi connectivity index (χ0n) is 13.8. The fourth-order valence-electron chi connectivity index (χ4n) is 2.77. The van der Waals surface area contributed by atoms with Crippen LogP contribution in [-0.4, -0.2) is 9.55 Å². The van der Waals surface area contributed by atoms with E-state index >= 15 is 0 Å². The van der Waals surface area contributed by atoms with Gasteiger partial charge in [-0.05, 0) is 17.7 Å². The summed E-state index contributed by atoms with van der Waals surface area (Å²) in [6, 6.07) is 11.7. The van der Waals surface area contributed by atoms with Crippen molar-refractivity contribution < 1.29 is 8.78 Å². The Morgan fingerprint density at radius 3 is 2.50 bits per heavy atom. The molecule has 0 aliphatic heterocycles. The van der Waals surface area contributed by atoms with Crippen molar-refractivity contribution in [2.45, 2.75) is 32.7 Å². The number of halogens is 2. The van der Waals surface area contributed by atoms with Crippen LogP contribution >= 0.6 is 0 Å². The van der Waals surface area contributed by atoms with Crippen LogP contribution in [0.4, 0.5) is 8.78 Å². The Balaban J connectivity index is 2.20. The summed E-state index contributed by atoms with van der Waals surface area (Å²) < 4.78 is 29.2. The normalized spacial score (nSPS) is 11.7. The molecule has 0 fully saturated rings. The Labute approximate surface area is 139 Å². The smallest absolute Gasteiger partial charge is 0.161 e. The maximum atomic E-state index is 13.7. The second kappa shape index (κ2) is 5.72. The summed E-state index contributed by atoms with van der Waals surface area (Å²) in [5.41, 5.74) is 2.14. The highest BCUT2D eigenvalue weighted by Gasteiger charge is 2.24. The average molecular weight is 325 g/mol. The molecule has 3 rings (SSSR count). The molecule has 24 heavy (non-hydrogen) atoms. The summed E-state index contributed by atoms with van der Waals surface area (Å²) in [6.07, 6.45) is 0. The van der Waals surface area contributed by atoms with E-state index in [9.17, 15) is 8.78 Å². The van der Waals surface area contributed by atoms with Crippen LogP contribution in [0.2, 0.25) is 0 Å². The molecule has 0 spiro atoms. The van der Waals surface area contributed by atoms with Crippen molar-refractivity contribution in [1.29, 1.82) is 5.26 Å². The van der Waals surface area contributed by atoms with Gasteiger partial charge in [0.05, 0.1) is 22.7 Å². The molecule has 2 aromatic carbocycles. The number of hydrogen-bond acceptors (Lipinski definition) is 2. The molecular formula is C19H17F2N3. The van der Waals surface area contributed by atoms with Gasteiger partial charge in [0.2, 0.25) is 0 Å². The third-order valence-corrected chi connectivity index (χ3v) is 3.86. The minimum absolute atomic E-state index is 0.293. The predicted octanol–water partition coefficient (Wildman–Crippen LogP) is 4.53. The second-order valence-corrected chi connectivity index (χ2v) is 6.84. The number of rotatable bonds is 2. The van der Waals surface area contributed by atoms with E-state index in [1.54, 1.807) is 12.1 Å². The highest BCUT2D eigenvalue weighted by molar-refractivity contribution is 5.76. The van der Waals surface area contributed by atoms with Gasteiger partial charge in [-0.25, -0.2) is 13.8 Å². The topological polar surface area (TPSA) is 41.6 Å². The molecule has 0 N–H and O–H groups in total. The van der Waals surface area contributed by atoms with Gasteiger partial charge in [0, 0.05) is 24.1 Å². The van der Waals surface area contributed by atoms with E-state index in [1.807, 2.05) is 37.5 Å². The number of aromatic nitrogens is 2. The van der Waals surface area contributed by atoms with Gasteiger partial charge in [-0.3, -0.25) is 0 Å². The highest BCUT2D eigenvalue weighted by atomic mass is 19.2. The molecule has 1 heterocycles. The van der Waals surface area contributed by atoms with Gasteiger partial charge in [-0.1, -0.05) is 32.9 Å². The van der Waals surface area contributed by atoms with E-state index in [1.165, 1.54) is 6.07 Å². The zero-order chi connectivity index (χ0) is 17.5. The van der Waals surface area contributed by atoms with Crippen LogP contribution in [0.5, 0.6) is 0 Å². The standard InChI is InChI=1S/C19H17F2N3/c1-19(2,3)18-23-16-8-14(20)15(21)9-17(16)24(18)11-13-6-4-5-12(7-13)10-22/h4-9H,11H2,1-3H3. The van der Waals surface area contributed by atoms with E-state index in [2.05, 4.69) is 11.1 Å². The largest absolute Gasteiger partial charge is 0.323 e. The summed E-state index contributed by atoms with van der Waals surface area (Å²) in [6.45, 7) is 6.44. The lowest BCUT2D eigenvalue weighted by molar-refractivity contribution is 0.509. The summed E-state index contributed by atoms with van der Waals surface area (Å²) in [5, 5.41) is 9.05. The lowest BCUT2D eigenvalue weighted by Crippen LogP contribution is -2.19. The summed E-state index contributed by atoms with van der Waals surface area (Å²) >= 11 is 0. The molecule has 0 aliphatic rings. The molecule has 5 heteroatoms. The van der Waals surface area contributed by atoms with Crippen LogP contribution < -0.4 is 0 Å². The zero-order valence-corrected chi connectivity index (χ0v) is 13.8. The Bertz CT molecular complexity index is 959. The van der Waals surface area contributed by atoms with Crippen LogP contribution in [0.1, 0.15) is 37.7 Å². The van der Waals surface area contributed by atoms with Crippen molar-refractivity contribution in [3.05, 3.63) is 65.0 Å². The monoisotopic (exact) mass is 325 g/mol. The molecule has 0 unspecified atom stereocenters. The van der Waals surface area contributed by atoms with Gasteiger partial charge < -0.3 is 4.57 Å². The first-order valence-corrected chi connectivity index (χ1v) is 7.64. The van der Waals surface area contributed by atoms with Gasteiger partial charge in [-0.15, -0.1) is 0 Å². The van der Waals surface area contributed by atoms with Crippen LogP contribution in [-0.2, 0) is 12.0 Å². The first-order chi connectivity index (χ1) is 11.3. The number of nitriles is 1. The molecule has 0 saturated carbocycles. The lowest BCUT2D eigenvalue weighted by atomic mass is 9.95. The summed E-state index contributed by atoms with van der Waals surface area (Å²) in [7, 11) is 0. The quantitative estimate of drug-likeness (QED) is 0.694. The molecule has 1 aromatic heterocycles. The fourth-order valence-corrected chi connectivity index (χ4v) is 2.77. The molecule has 0 saturated heterocycles. The molecule has 3 aromatic rings. The van der Waals surface area contributed by atoms with Crippen molar-refractivity contribution >= 4 is 11.0 Å². The van der Waals surface area contributed by atoms with E-state index in [0.29, 0.717) is 23.1 Å². The number of benzene rings is 2. The van der Waals surface area contributed by atoms with Crippen molar-refractivity contribution in [2.75, 3.05) is 0 Å². The second-order valence-electron chi connectivity index (χ2n) is 6.84. The average Bonchev–Trinajstić information content (AvgIpc) is 2.86. The highest BCUT2D eigenvalue weighted by Crippen LogP contribution is 2.28. The van der Waals surface area contributed by atoms with E-state index in [-0.39, 0.29) is 5.41 Å². The number of hydrogen-bond donors (Lipinski definition) is 0. The molecule has 0 atom stereocenters. The van der Waals surface area contributed by atoms with Crippen molar-refractivity contribution in [3.8, 4) is 6.07 Å². The number of imidazole rings is 1. The third-order valence-electron chi connectivity index (χ3n) is 3.86. The maximum Gasteiger partial charge on any atom is 0.161 e. The Morgan fingerprint density at radius 1 is 1.12 bits per heavy atom. The third kappa shape index (κ3) is 2.88. The first kappa shape index (κ1) is 16.1. The van der Waals surface area contributed by atoms with E-state index in [0.717, 1.165) is 17.5 Å². The van der Waals surface area contributed by atoms with Crippen molar-refractivity contribution in [1.82, 2.24) is 9.55 Å². The van der Waals surface area contributed by atoms with Crippen LogP contribution in [0.3, 0.4) is 0 Å². The molecule has 122 valence electrons. The molecule has 0 bridgehead atoms. The Morgan fingerprint density at radius 2 is 1.83 bits per heavy atom. The minimum atomic E-state index is -0.904. The molecule has 0 aliphatic carbocycles. The van der Waals surface area contributed by atoms with Gasteiger partial charge in [0.25, 0.3) is 0 Å². The lowest BCUT2D eigenvalue weighted by Gasteiger charge is -2.20. The van der Waals surface area contributed by atoms with Gasteiger partial charge in [-0.2, -0.15) is 5.26 Å². The SMILES string of the molecule is CC(C)(C)c1nc2cc(F)c(F)cc2n1Cc1cccc(C#N)c1. The van der Waals surface area contributed by atoms with Gasteiger partial charge in [0.1, 0.15) is 5.82 Å². The summed E-state index contributed by atoms with van der Waals surface area (Å²) in [4.78, 5) is 4.52. The van der Waals surface area contributed by atoms with Crippen molar-refractivity contribution in [2.24, 2.45) is 0 Å². The van der Waals surface area contributed by atoms with Gasteiger partial charge >= 0.3 is 0 Å². The maximum absolute atomic E-state index is 13.7. The predicted molar refractivity (Wildman–Crippen MR) is 88.6 cm³/mol. The first-order valence-electron chi connectivity index (χ1n) is 7.64. The van der Waals surface area contributed by atoms with Crippen LogP contribution in [0.15, 0.2) is 36.4 Å². The van der Waals surface area contributed by atoms with Crippen LogP contribution in [0, 0.1) is 23.0 Å². The molecule has 0 radical (unpaired) electrons. The van der Waals surface area contributed by atoms with Gasteiger partial charge in [0.15, 0.2) is 11.6 Å². The van der Waals surface area contributed by atoms with Crippen molar-refractivity contribution in [3.63, 3.8) is 0 Å². The Kier molecular flexibility index (Phi) is 3.84. The molecular weight excluding hydrogens is 308 g/mol. The van der Waals surface area contributed by atoms with E-state index < -0.39 is 11.6 Å². The number of nitrogens with zero attached hydrogens (tertiary/aromatic N) is 3. The number of fused-ring (bicyclic) bond motifs is 1. The minimum Gasteiger partial charge on any atom is -0.323 e. The summed E-state index contributed by atoms with van der Waals surface area (Å²) in [5.74, 6) is -1.06.